The number of carbonyl (C=O) groups is 1. The lowest BCUT2D eigenvalue weighted by Crippen LogP contribution is -2.38. The summed E-state index contributed by atoms with van der Waals surface area (Å²) in [5, 5.41) is 11.1. The second-order valence-corrected chi connectivity index (χ2v) is 3.95. The van der Waals surface area contributed by atoms with Gasteiger partial charge in [0.05, 0.1) is 19.0 Å². The molecule has 0 aromatic rings. The minimum Gasteiger partial charge on any atom is -0.354 e. The monoisotopic (exact) mass is 209 g/mol. The van der Waals surface area contributed by atoms with Gasteiger partial charge in [-0.1, -0.05) is 12.8 Å². The quantitative estimate of drug-likeness (QED) is 0.700. The summed E-state index contributed by atoms with van der Waals surface area (Å²) in [6.45, 7) is 3.03. The van der Waals surface area contributed by atoms with E-state index in [0.29, 0.717) is 19.5 Å². The lowest BCUT2D eigenvalue weighted by molar-refractivity contribution is -0.122. The fraction of sp³-hybridized carbons (Fsp3) is 0.818. The van der Waals surface area contributed by atoms with Gasteiger partial charge in [-0.25, -0.2) is 0 Å². The molecule has 15 heavy (non-hydrogen) atoms. The van der Waals surface area contributed by atoms with Crippen LogP contribution in [0, 0.1) is 11.3 Å². The van der Waals surface area contributed by atoms with E-state index in [0.717, 1.165) is 13.1 Å². The van der Waals surface area contributed by atoms with Gasteiger partial charge in [-0.15, -0.1) is 0 Å². The number of nitriles is 1. The molecule has 4 heteroatoms. The highest BCUT2D eigenvalue weighted by Crippen LogP contribution is 2.08. The average molecular weight is 209 g/mol. The van der Waals surface area contributed by atoms with Gasteiger partial charge in [-0.05, 0) is 25.9 Å². The SMILES string of the molecule is N#CCCNC(=O)CN1CCCCCC1. The smallest absolute Gasteiger partial charge is 0.234 e. The molecule has 0 radical (unpaired) electrons. The highest BCUT2D eigenvalue weighted by atomic mass is 16.2. The molecule has 1 heterocycles. The minimum absolute atomic E-state index is 0.0483. The Morgan fingerprint density at radius 3 is 2.53 bits per heavy atom. The fourth-order valence-electron chi connectivity index (χ4n) is 1.81. The second kappa shape index (κ2) is 7.24. The molecule has 1 N–H and O–H groups in total. The molecule has 0 bridgehead atoms. The molecular formula is C11H19N3O. The summed E-state index contributed by atoms with van der Waals surface area (Å²) in [7, 11) is 0. The van der Waals surface area contributed by atoms with E-state index in [1.54, 1.807) is 0 Å². The Morgan fingerprint density at radius 2 is 1.93 bits per heavy atom. The van der Waals surface area contributed by atoms with Crippen molar-refractivity contribution in [3.8, 4) is 6.07 Å². The zero-order valence-corrected chi connectivity index (χ0v) is 9.17. The van der Waals surface area contributed by atoms with Crippen molar-refractivity contribution in [2.75, 3.05) is 26.2 Å². The number of nitrogens with one attached hydrogen (secondary N) is 1. The maximum absolute atomic E-state index is 11.4. The Balaban J connectivity index is 2.15. The van der Waals surface area contributed by atoms with E-state index < -0.39 is 0 Å². The summed E-state index contributed by atoms with van der Waals surface area (Å²) in [5.41, 5.74) is 0. The van der Waals surface area contributed by atoms with Crippen molar-refractivity contribution in [2.45, 2.75) is 32.1 Å². The molecule has 1 aliphatic rings. The van der Waals surface area contributed by atoms with E-state index in [1.807, 2.05) is 6.07 Å². The van der Waals surface area contributed by atoms with Crippen molar-refractivity contribution in [1.29, 1.82) is 5.26 Å². The number of hydrogen-bond donors (Lipinski definition) is 1. The largest absolute Gasteiger partial charge is 0.354 e. The molecule has 1 fully saturated rings. The van der Waals surface area contributed by atoms with Crippen LogP contribution in [0.4, 0.5) is 0 Å². The first-order chi connectivity index (χ1) is 7.33. The molecule has 1 aliphatic heterocycles. The number of rotatable bonds is 4. The molecule has 1 rings (SSSR count). The van der Waals surface area contributed by atoms with Crippen LogP contribution in [0.25, 0.3) is 0 Å². The molecule has 0 aliphatic carbocycles. The Hall–Kier alpha value is -1.08. The second-order valence-electron chi connectivity index (χ2n) is 3.95. The van der Waals surface area contributed by atoms with Gasteiger partial charge in [0.25, 0.3) is 0 Å². The molecule has 0 atom stereocenters. The molecule has 1 saturated heterocycles. The maximum atomic E-state index is 11.4. The summed E-state index contributed by atoms with van der Waals surface area (Å²) in [4.78, 5) is 13.6. The molecule has 0 unspecified atom stereocenters. The van der Waals surface area contributed by atoms with Gasteiger partial charge in [-0.2, -0.15) is 5.26 Å². The van der Waals surface area contributed by atoms with Crippen molar-refractivity contribution < 1.29 is 4.79 Å². The predicted molar refractivity (Wildman–Crippen MR) is 58.1 cm³/mol. The normalized spacial score (nSPS) is 17.8. The van der Waals surface area contributed by atoms with Crippen molar-refractivity contribution in [3.63, 3.8) is 0 Å². The van der Waals surface area contributed by atoms with Crippen molar-refractivity contribution in [2.24, 2.45) is 0 Å². The summed E-state index contributed by atoms with van der Waals surface area (Å²) in [6.07, 6.45) is 5.36. The molecule has 4 nitrogen and oxygen atoms in total. The molecule has 0 aromatic heterocycles. The Morgan fingerprint density at radius 1 is 1.27 bits per heavy atom. The van der Waals surface area contributed by atoms with E-state index in [-0.39, 0.29) is 5.91 Å². The first-order valence-corrected chi connectivity index (χ1v) is 5.69. The summed E-state index contributed by atoms with van der Waals surface area (Å²) < 4.78 is 0. The third-order valence-electron chi connectivity index (χ3n) is 2.62. The van der Waals surface area contributed by atoms with E-state index >= 15 is 0 Å². The molecule has 0 aromatic carbocycles. The zero-order valence-electron chi connectivity index (χ0n) is 9.17. The molecule has 1 amide bonds. The maximum Gasteiger partial charge on any atom is 0.234 e. The fourth-order valence-corrected chi connectivity index (χ4v) is 1.81. The van der Waals surface area contributed by atoms with Crippen molar-refractivity contribution >= 4 is 5.91 Å². The average Bonchev–Trinajstić information content (AvgIpc) is 2.47. The first-order valence-electron chi connectivity index (χ1n) is 5.69. The van der Waals surface area contributed by atoms with E-state index in [9.17, 15) is 4.79 Å². The highest BCUT2D eigenvalue weighted by Gasteiger charge is 2.12. The lowest BCUT2D eigenvalue weighted by atomic mass is 10.2. The van der Waals surface area contributed by atoms with Crippen LogP contribution >= 0.6 is 0 Å². The van der Waals surface area contributed by atoms with Gasteiger partial charge in [0, 0.05) is 6.54 Å². The van der Waals surface area contributed by atoms with Gasteiger partial charge < -0.3 is 5.32 Å². The van der Waals surface area contributed by atoms with Crippen LogP contribution in [-0.4, -0.2) is 37.0 Å². The van der Waals surface area contributed by atoms with Crippen LogP contribution in [0.5, 0.6) is 0 Å². The number of likely N-dealkylation sites (tertiary alicyclic amines) is 1. The zero-order chi connectivity index (χ0) is 10.9. The molecule has 0 spiro atoms. The van der Waals surface area contributed by atoms with Crippen LogP contribution in [-0.2, 0) is 4.79 Å². The first kappa shape index (κ1) is 12.0. The highest BCUT2D eigenvalue weighted by molar-refractivity contribution is 5.77. The number of carbonyl (C=O) groups excluding carboxylic acids is 1. The molecule has 84 valence electrons. The number of nitrogens with zero attached hydrogens (tertiary/aromatic N) is 2. The van der Waals surface area contributed by atoms with Gasteiger partial charge in [0.15, 0.2) is 0 Å². The van der Waals surface area contributed by atoms with Crippen molar-refractivity contribution in [3.05, 3.63) is 0 Å². The Labute approximate surface area is 91.2 Å². The van der Waals surface area contributed by atoms with E-state index in [4.69, 9.17) is 5.26 Å². The topological polar surface area (TPSA) is 56.1 Å². The molecule has 0 saturated carbocycles. The summed E-state index contributed by atoms with van der Waals surface area (Å²) in [5.74, 6) is 0.0483. The van der Waals surface area contributed by atoms with Gasteiger partial charge in [-0.3, -0.25) is 9.69 Å². The van der Waals surface area contributed by atoms with Crippen LogP contribution in [0.2, 0.25) is 0 Å². The minimum atomic E-state index is 0.0483. The third kappa shape index (κ3) is 5.38. The number of amides is 1. The molecular weight excluding hydrogens is 190 g/mol. The number of hydrogen-bond acceptors (Lipinski definition) is 3. The van der Waals surface area contributed by atoms with E-state index in [2.05, 4.69) is 10.2 Å². The van der Waals surface area contributed by atoms with Crippen LogP contribution in [0.1, 0.15) is 32.1 Å². The van der Waals surface area contributed by atoms with Crippen LogP contribution < -0.4 is 5.32 Å². The Kier molecular flexibility index (Phi) is 5.79. The summed E-state index contributed by atoms with van der Waals surface area (Å²) >= 11 is 0. The summed E-state index contributed by atoms with van der Waals surface area (Å²) in [6, 6.07) is 2.01. The van der Waals surface area contributed by atoms with Crippen molar-refractivity contribution in [1.82, 2.24) is 10.2 Å². The predicted octanol–water partition coefficient (Wildman–Crippen LogP) is 0.892. The van der Waals surface area contributed by atoms with Gasteiger partial charge in [0.2, 0.25) is 5.91 Å². The standard InChI is InChI=1S/C11H19N3O/c12-6-5-7-13-11(15)10-14-8-3-1-2-4-9-14/h1-5,7-10H2,(H,13,15). The van der Waals surface area contributed by atoms with Gasteiger partial charge >= 0.3 is 0 Å². The third-order valence-corrected chi connectivity index (χ3v) is 2.62. The van der Waals surface area contributed by atoms with E-state index in [1.165, 1.54) is 25.7 Å². The van der Waals surface area contributed by atoms with Crippen LogP contribution in [0.3, 0.4) is 0 Å². The van der Waals surface area contributed by atoms with Gasteiger partial charge in [0.1, 0.15) is 0 Å². The lowest BCUT2D eigenvalue weighted by Gasteiger charge is -2.18. The van der Waals surface area contributed by atoms with Crippen LogP contribution in [0.15, 0.2) is 0 Å². The Bertz CT molecular complexity index is 226.